The highest BCUT2D eigenvalue weighted by molar-refractivity contribution is 6.01. The Kier molecular flexibility index (Phi) is 3.10. The first-order valence-electron chi connectivity index (χ1n) is 5.42. The zero-order valence-corrected chi connectivity index (χ0v) is 9.55. The van der Waals surface area contributed by atoms with Crippen LogP contribution in [0.4, 0.5) is 5.69 Å². The fourth-order valence-electron chi connectivity index (χ4n) is 1.84. The van der Waals surface area contributed by atoms with Crippen LogP contribution in [0.5, 0.6) is 5.75 Å². The fraction of sp³-hybridized carbons (Fsp3) is 0.333. The molecule has 17 heavy (non-hydrogen) atoms. The van der Waals surface area contributed by atoms with Gasteiger partial charge in [-0.15, -0.1) is 0 Å². The molecular weight excluding hydrogens is 220 g/mol. The molecule has 0 bridgehead atoms. The van der Waals surface area contributed by atoms with E-state index in [1.807, 2.05) is 6.07 Å². The fourth-order valence-corrected chi connectivity index (χ4v) is 1.84. The molecule has 1 aromatic rings. The number of carbonyl (C=O) groups is 2. The third-order valence-electron chi connectivity index (χ3n) is 2.72. The van der Waals surface area contributed by atoms with E-state index in [2.05, 4.69) is 0 Å². The number of aldehydes is 1. The normalized spacial score (nSPS) is 18.6. The second kappa shape index (κ2) is 4.55. The predicted octanol–water partition coefficient (Wildman–Crippen LogP) is 0.458. The first-order chi connectivity index (χ1) is 8.17. The molecule has 0 fully saturated rings. The van der Waals surface area contributed by atoms with Crippen molar-refractivity contribution in [1.82, 2.24) is 0 Å². The van der Waals surface area contributed by atoms with E-state index in [1.165, 1.54) is 4.90 Å². The van der Waals surface area contributed by atoms with E-state index in [-0.39, 0.29) is 12.5 Å². The highest BCUT2D eigenvalue weighted by Crippen LogP contribution is 2.34. The summed E-state index contributed by atoms with van der Waals surface area (Å²) in [5, 5.41) is 0. The monoisotopic (exact) mass is 234 g/mol. The molecule has 1 aliphatic heterocycles. The molecule has 1 aliphatic rings. The van der Waals surface area contributed by atoms with Gasteiger partial charge in [-0.25, -0.2) is 0 Å². The van der Waals surface area contributed by atoms with Crippen molar-refractivity contribution in [3.8, 4) is 5.75 Å². The average molecular weight is 234 g/mol. The SMILES string of the molecule is CC1Oc2ccc(CN)cc2N(CC=O)C1=O. The summed E-state index contributed by atoms with van der Waals surface area (Å²) in [4.78, 5) is 23.9. The van der Waals surface area contributed by atoms with E-state index in [1.54, 1.807) is 19.1 Å². The minimum Gasteiger partial charge on any atom is -0.479 e. The van der Waals surface area contributed by atoms with Crippen LogP contribution in [0, 0.1) is 0 Å². The Morgan fingerprint density at radius 3 is 2.94 bits per heavy atom. The van der Waals surface area contributed by atoms with Crippen molar-refractivity contribution in [2.45, 2.75) is 19.6 Å². The van der Waals surface area contributed by atoms with Crippen molar-refractivity contribution in [2.24, 2.45) is 5.73 Å². The van der Waals surface area contributed by atoms with Crippen molar-refractivity contribution in [2.75, 3.05) is 11.4 Å². The van der Waals surface area contributed by atoms with Crippen molar-refractivity contribution in [3.63, 3.8) is 0 Å². The molecule has 0 aromatic heterocycles. The summed E-state index contributed by atoms with van der Waals surface area (Å²) in [6.45, 7) is 2.08. The summed E-state index contributed by atoms with van der Waals surface area (Å²) in [5.41, 5.74) is 7.06. The van der Waals surface area contributed by atoms with Crippen LogP contribution in [0.1, 0.15) is 12.5 Å². The van der Waals surface area contributed by atoms with Crippen molar-refractivity contribution in [3.05, 3.63) is 23.8 Å². The van der Waals surface area contributed by atoms with Gasteiger partial charge in [-0.1, -0.05) is 6.07 Å². The van der Waals surface area contributed by atoms with Gasteiger partial charge < -0.3 is 15.3 Å². The van der Waals surface area contributed by atoms with Gasteiger partial charge in [0.1, 0.15) is 12.0 Å². The van der Waals surface area contributed by atoms with Gasteiger partial charge in [-0.3, -0.25) is 9.69 Å². The van der Waals surface area contributed by atoms with E-state index in [0.717, 1.165) is 5.56 Å². The van der Waals surface area contributed by atoms with Crippen LogP contribution in [-0.4, -0.2) is 24.8 Å². The van der Waals surface area contributed by atoms with Gasteiger partial charge in [0.25, 0.3) is 5.91 Å². The molecule has 5 nitrogen and oxygen atoms in total. The largest absolute Gasteiger partial charge is 0.479 e. The Hall–Kier alpha value is -1.88. The summed E-state index contributed by atoms with van der Waals surface area (Å²) < 4.78 is 5.47. The molecule has 90 valence electrons. The lowest BCUT2D eigenvalue weighted by Crippen LogP contribution is -2.45. The third-order valence-corrected chi connectivity index (χ3v) is 2.72. The quantitative estimate of drug-likeness (QED) is 0.771. The lowest BCUT2D eigenvalue weighted by atomic mass is 10.1. The highest BCUT2D eigenvalue weighted by atomic mass is 16.5. The van der Waals surface area contributed by atoms with Crippen molar-refractivity contribution in [1.29, 1.82) is 0 Å². The van der Waals surface area contributed by atoms with Crippen LogP contribution in [0.2, 0.25) is 0 Å². The smallest absolute Gasteiger partial charge is 0.268 e. The average Bonchev–Trinajstić information content (AvgIpc) is 2.34. The number of amides is 1. The highest BCUT2D eigenvalue weighted by Gasteiger charge is 2.31. The number of ether oxygens (including phenoxy) is 1. The molecule has 0 spiro atoms. The van der Waals surface area contributed by atoms with E-state index in [4.69, 9.17) is 10.5 Å². The number of hydrogen-bond acceptors (Lipinski definition) is 4. The molecule has 0 saturated heterocycles. The number of benzene rings is 1. The van der Waals surface area contributed by atoms with Crippen LogP contribution < -0.4 is 15.4 Å². The van der Waals surface area contributed by atoms with Crippen LogP contribution in [-0.2, 0) is 16.1 Å². The summed E-state index contributed by atoms with van der Waals surface area (Å²) in [6, 6.07) is 5.40. The molecule has 1 heterocycles. The van der Waals surface area contributed by atoms with E-state index in [9.17, 15) is 9.59 Å². The van der Waals surface area contributed by atoms with Gasteiger partial charge in [0.05, 0.1) is 12.2 Å². The number of anilines is 1. The second-order valence-electron chi connectivity index (χ2n) is 3.88. The van der Waals surface area contributed by atoms with Crippen LogP contribution in [0.15, 0.2) is 18.2 Å². The maximum absolute atomic E-state index is 11.9. The van der Waals surface area contributed by atoms with E-state index >= 15 is 0 Å². The number of hydrogen-bond donors (Lipinski definition) is 1. The van der Waals surface area contributed by atoms with Crippen molar-refractivity contribution < 1.29 is 14.3 Å². The predicted molar refractivity (Wildman–Crippen MR) is 62.8 cm³/mol. The molecule has 2 rings (SSSR count). The molecule has 1 amide bonds. The first-order valence-corrected chi connectivity index (χ1v) is 5.42. The molecule has 0 saturated carbocycles. The molecule has 5 heteroatoms. The Labute approximate surface area is 99.2 Å². The van der Waals surface area contributed by atoms with Gasteiger partial charge in [0.2, 0.25) is 0 Å². The van der Waals surface area contributed by atoms with Gasteiger partial charge in [-0.2, -0.15) is 0 Å². The van der Waals surface area contributed by atoms with Crippen LogP contribution in [0.3, 0.4) is 0 Å². The third kappa shape index (κ3) is 2.01. The van der Waals surface area contributed by atoms with Crippen LogP contribution >= 0.6 is 0 Å². The number of nitrogens with two attached hydrogens (primary N) is 1. The minimum atomic E-state index is -0.564. The molecule has 1 unspecified atom stereocenters. The minimum absolute atomic E-state index is 0.0353. The number of nitrogens with zero attached hydrogens (tertiary/aromatic N) is 1. The number of carbonyl (C=O) groups excluding carboxylic acids is 2. The second-order valence-corrected chi connectivity index (χ2v) is 3.88. The van der Waals surface area contributed by atoms with Gasteiger partial charge in [0, 0.05) is 6.54 Å². The lowest BCUT2D eigenvalue weighted by molar-refractivity contribution is -0.126. The van der Waals surface area contributed by atoms with Gasteiger partial charge in [-0.05, 0) is 24.6 Å². The maximum Gasteiger partial charge on any atom is 0.268 e. The molecule has 0 radical (unpaired) electrons. The van der Waals surface area contributed by atoms with Gasteiger partial charge >= 0.3 is 0 Å². The Morgan fingerprint density at radius 2 is 2.29 bits per heavy atom. The molecule has 1 atom stereocenters. The Balaban J connectivity index is 2.47. The van der Waals surface area contributed by atoms with E-state index in [0.29, 0.717) is 24.3 Å². The summed E-state index contributed by atoms with van der Waals surface area (Å²) in [5.74, 6) is 0.398. The standard InChI is InChI=1S/C12H14N2O3/c1-8-12(16)14(4-5-15)10-6-9(7-13)2-3-11(10)17-8/h2-3,5-6,8H,4,7,13H2,1H3. The number of fused-ring (bicyclic) bond motifs is 1. The topological polar surface area (TPSA) is 72.6 Å². The first kappa shape index (κ1) is 11.6. The summed E-state index contributed by atoms with van der Waals surface area (Å²) >= 11 is 0. The van der Waals surface area contributed by atoms with Gasteiger partial charge in [0.15, 0.2) is 6.10 Å². The summed E-state index contributed by atoms with van der Waals surface area (Å²) in [7, 11) is 0. The number of rotatable bonds is 3. The zero-order valence-electron chi connectivity index (χ0n) is 9.55. The van der Waals surface area contributed by atoms with E-state index < -0.39 is 6.10 Å². The molecular formula is C12H14N2O3. The van der Waals surface area contributed by atoms with Crippen molar-refractivity contribution >= 4 is 17.9 Å². The Morgan fingerprint density at radius 1 is 1.53 bits per heavy atom. The maximum atomic E-state index is 11.9. The zero-order chi connectivity index (χ0) is 12.4. The summed E-state index contributed by atoms with van der Waals surface area (Å²) in [6.07, 6.45) is 0.139. The molecule has 1 aromatic carbocycles. The Bertz CT molecular complexity index is 459. The van der Waals surface area contributed by atoms with Crippen LogP contribution in [0.25, 0.3) is 0 Å². The molecule has 0 aliphatic carbocycles. The lowest BCUT2D eigenvalue weighted by Gasteiger charge is -2.32. The molecule has 2 N–H and O–H groups in total.